The smallest absolute Gasteiger partial charge is 0.225 e. The maximum Gasteiger partial charge on any atom is 0.225 e. The first-order valence-electron chi connectivity index (χ1n) is 6.00. The van der Waals surface area contributed by atoms with Gasteiger partial charge in [0, 0.05) is 6.42 Å². The van der Waals surface area contributed by atoms with Crippen molar-refractivity contribution >= 4 is 34.2 Å². The van der Waals surface area contributed by atoms with Crippen LogP contribution >= 0.6 is 22.6 Å². The first kappa shape index (κ1) is 13.7. The highest BCUT2D eigenvalue weighted by molar-refractivity contribution is 14.1. The van der Waals surface area contributed by atoms with Gasteiger partial charge in [-0.2, -0.15) is 0 Å². The van der Waals surface area contributed by atoms with Crippen LogP contribution in [0, 0.1) is 14.8 Å². The summed E-state index contributed by atoms with van der Waals surface area (Å²) >= 11 is 1.89. The zero-order chi connectivity index (χ0) is 13.2. The van der Waals surface area contributed by atoms with E-state index in [2.05, 4.69) is 5.32 Å². The number of hydrogen-bond donors (Lipinski definition) is 2. The van der Waals surface area contributed by atoms with Crippen molar-refractivity contribution in [2.24, 2.45) is 11.1 Å². The number of nitrogens with one attached hydrogen (secondary N) is 1. The molecule has 1 aliphatic rings. The lowest BCUT2D eigenvalue weighted by Crippen LogP contribution is -2.40. The van der Waals surface area contributed by atoms with Gasteiger partial charge in [-0.05, 0) is 59.5 Å². The Labute approximate surface area is 119 Å². The van der Waals surface area contributed by atoms with Crippen LogP contribution in [0.2, 0.25) is 0 Å². The number of carbonyl (C=O) groups is 1. The van der Waals surface area contributed by atoms with Gasteiger partial charge in [-0.15, -0.1) is 0 Å². The Balaban J connectivity index is 2.01. The van der Waals surface area contributed by atoms with Crippen molar-refractivity contribution in [2.45, 2.75) is 25.7 Å². The monoisotopic (exact) mass is 362 g/mol. The Morgan fingerprint density at radius 3 is 2.78 bits per heavy atom. The van der Waals surface area contributed by atoms with E-state index in [-0.39, 0.29) is 17.1 Å². The van der Waals surface area contributed by atoms with Crippen molar-refractivity contribution < 1.29 is 9.18 Å². The zero-order valence-corrected chi connectivity index (χ0v) is 12.2. The fourth-order valence-corrected chi connectivity index (χ4v) is 2.76. The molecule has 1 fully saturated rings. The van der Waals surface area contributed by atoms with E-state index < -0.39 is 0 Å². The van der Waals surface area contributed by atoms with E-state index in [0.717, 1.165) is 19.3 Å². The number of anilines is 1. The van der Waals surface area contributed by atoms with Gasteiger partial charge in [-0.1, -0.05) is 12.5 Å². The van der Waals surface area contributed by atoms with Gasteiger partial charge in [-0.3, -0.25) is 4.79 Å². The van der Waals surface area contributed by atoms with Crippen molar-refractivity contribution in [3.63, 3.8) is 0 Å². The second kappa shape index (κ2) is 5.52. The number of carbonyl (C=O) groups excluding carboxylic acids is 1. The first-order valence-corrected chi connectivity index (χ1v) is 7.08. The highest BCUT2D eigenvalue weighted by Crippen LogP contribution is 2.43. The van der Waals surface area contributed by atoms with Gasteiger partial charge in [0.25, 0.3) is 0 Å². The van der Waals surface area contributed by atoms with Crippen LogP contribution in [0.5, 0.6) is 0 Å². The van der Waals surface area contributed by atoms with Crippen LogP contribution in [0.4, 0.5) is 10.1 Å². The lowest BCUT2D eigenvalue weighted by Gasteiger charge is -2.40. The van der Waals surface area contributed by atoms with Crippen LogP contribution in [0.3, 0.4) is 0 Å². The number of hydrogen-bond acceptors (Lipinski definition) is 2. The Kier molecular flexibility index (Phi) is 4.21. The van der Waals surface area contributed by atoms with Gasteiger partial charge < -0.3 is 11.1 Å². The van der Waals surface area contributed by atoms with E-state index in [1.54, 1.807) is 12.1 Å². The van der Waals surface area contributed by atoms with E-state index >= 15 is 0 Å². The second-order valence-electron chi connectivity index (χ2n) is 4.88. The van der Waals surface area contributed by atoms with E-state index in [4.69, 9.17) is 5.73 Å². The summed E-state index contributed by atoms with van der Waals surface area (Å²) in [5, 5.41) is 2.77. The lowest BCUT2D eigenvalue weighted by molar-refractivity contribution is -0.119. The minimum Gasteiger partial charge on any atom is -0.330 e. The Bertz CT molecular complexity index is 455. The number of halogens is 2. The van der Waals surface area contributed by atoms with E-state index in [9.17, 15) is 9.18 Å². The maximum absolute atomic E-state index is 13.3. The molecule has 0 bridgehead atoms. The summed E-state index contributed by atoms with van der Waals surface area (Å²) in [5.74, 6) is -0.394. The summed E-state index contributed by atoms with van der Waals surface area (Å²) in [6.45, 7) is 0.542. The van der Waals surface area contributed by atoms with Gasteiger partial charge in [0.15, 0.2) is 0 Å². The van der Waals surface area contributed by atoms with Crippen molar-refractivity contribution in [2.75, 3.05) is 11.9 Å². The highest BCUT2D eigenvalue weighted by Gasteiger charge is 2.37. The number of amides is 1. The lowest BCUT2D eigenvalue weighted by atomic mass is 9.66. The Morgan fingerprint density at radius 1 is 1.50 bits per heavy atom. The first-order chi connectivity index (χ1) is 8.56. The quantitative estimate of drug-likeness (QED) is 0.810. The zero-order valence-electron chi connectivity index (χ0n) is 10.0. The van der Waals surface area contributed by atoms with Crippen molar-refractivity contribution in [1.29, 1.82) is 0 Å². The van der Waals surface area contributed by atoms with Crippen molar-refractivity contribution in [1.82, 2.24) is 0 Å². The molecular formula is C13H16FIN2O. The van der Waals surface area contributed by atoms with Gasteiger partial charge in [0.1, 0.15) is 5.82 Å². The molecule has 1 amide bonds. The summed E-state index contributed by atoms with van der Waals surface area (Å²) in [6.07, 6.45) is 3.59. The third-order valence-electron chi connectivity index (χ3n) is 3.61. The molecule has 1 aromatic rings. The summed E-state index contributed by atoms with van der Waals surface area (Å²) in [4.78, 5) is 12.0. The third-order valence-corrected chi connectivity index (χ3v) is 4.70. The van der Waals surface area contributed by atoms with Crippen molar-refractivity contribution in [3.05, 3.63) is 27.6 Å². The van der Waals surface area contributed by atoms with Gasteiger partial charge in [0.05, 0.1) is 9.26 Å². The van der Waals surface area contributed by atoms with E-state index in [1.165, 1.54) is 6.07 Å². The molecule has 1 saturated carbocycles. The average molecular weight is 362 g/mol. The number of rotatable bonds is 4. The molecule has 0 aliphatic heterocycles. The highest BCUT2D eigenvalue weighted by atomic mass is 127. The third kappa shape index (κ3) is 2.83. The Morgan fingerprint density at radius 2 is 2.22 bits per heavy atom. The molecule has 0 atom stereocenters. The minimum atomic E-state index is -0.314. The van der Waals surface area contributed by atoms with E-state index in [0.29, 0.717) is 22.2 Å². The summed E-state index contributed by atoms with van der Waals surface area (Å²) in [7, 11) is 0. The molecule has 0 spiro atoms. The molecule has 0 aromatic heterocycles. The van der Waals surface area contributed by atoms with Crippen LogP contribution in [0.15, 0.2) is 18.2 Å². The molecule has 3 N–H and O–H groups in total. The van der Waals surface area contributed by atoms with Crippen molar-refractivity contribution in [3.8, 4) is 0 Å². The summed E-state index contributed by atoms with van der Waals surface area (Å²) in [6, 6.07) is 4.68. The topological polar surface area (TPSA) is 55.1 Å². The van der Waals surface area contributed by atoms with Crippen LogP contribution < -0.4 is 11.1 Å². The number of nitrogens with two attached hydrogens (primary N) is 1. The standard InChI is InChI=1S/C13H16FIN2O/c14-9-3-1-4-10(12(9)15)17-11(18)7-13(8-16)5-2-6-13/h1,3-4H,2,5-8,16H2,(H,17,18). The molecule has 3 nitrogen and oxygen atoms in total. The summed E-state index contributed by atoms with van der Waals surface area (Å²) < 4.78 is 13.8. The Hall–Kier alpha value is -0.690. The predicted octanol–water partition coefficient (Wildman–Crippen LogP) is 2.89. The van der Waals surface area contributed by atoms with Crippen LogP contribution in [-0.2, 0) is 4.79 Å². The molecule has 5 heteroatoms. The van der Waals surface area contributed by atoms with Crippen LogP contribution in [-0.4, -0.2) is 12.5 Å². The molecule has 18 heavy (non-hydrogen) atoms. The predicted molar refractivity (Wildman–Crippen MR) is 77.7 cm³/mol. The molecule has 0 saturated heterocycles. The van der Waals surface area contributed by atoms with Gasteiger partial charge in [-0.25, -0.2) is 4.39 Å². The molecule has 98 valence electrons. The summed E-state index contributed by atoms with van der Waals surface area (Å²) in [5.41, 5.74) is 6.23. The van der Waals surface area contributed by atoms with Gasteiger partial charge >= 0.3 is 0 Å². The molecule has 0 unspecified atom stereocenters. The molecule has 1 aromatic carbocycles. The minimum absolute atomic E-state index is 0.0250. The molecular weight excluding hydrogens is 346 g/mol. The average Bonchev–Trinajstić information content (AvgIpc) is 2.30. The largest absolute Gasteiger partial charge is 0.330 e. The van der Waals surface area contributed by atoms with Crippen LogP contribution in [0.25, 0.3) is 0 Å². The maximum atomic E-state index is 13.3. The molecule has 0 radical (unpaired) electrons. The SMILES string of the molecule is NCC1(CC(=O)Nc2cccc(F)c2I)CCC1. The van der Waals surface area contributed by atoms with Crippen LogP contribution in [0.1, 0.15) is 25.7 Å². The molecule has 1 aliphatic carbocycles. The molecule has 2 rings (SSSR count). The fraction of sp³-hybridized carbons (Fsp3) is 0.462. The normalized spacial score (nSPS) is 17.1. The van der Waals surface area contributed by atoms with E-state index in [1.807, 2.05) is 22.6 Å². The molecule has 0 heterocycles. The second-order valence-corrected chi connectivity index (χ2v) is 5.96. The fourth-order valence-electron chi connectivity index (χ4n) is 2.27. The van der Waals surface area contributed by atoms with Gasteiger partial charge in [0.2, 0.25) is 5.91 Å². The number of benzene rings is 1.